The fourth-order valence-electron chi connectivity index (χ4n) is 2.11. The molecule has 1 fully saturated rings. The van der Waals surface area contributed by atoms with E-state index in [-0.39, 0.29) is 0 Å². The standard InChI is InChI=1S/C10H18N4/c1-8-6-10(13(2)12-8)14-5-3-4-9(11)7-14/h6,9H,3-5,7,11H2,1-2H3/t9-/m1/s1. The maximum Gasteiger partial charge on any atom is 0.126 e. The summed E-state index contributed by atoms with van der Waals surface area (Å²) in [5.41, 5.74) is 7.02. The summed E-state index contributed by atoms with van der Waals surface area (Å²) >= 11 is 0. The Morgan fingerprint density at radius 3 is 2.93 bits per heavy atom. The van der Waals surface area contributed by atoms with Crippen LogP contribution < -0.4 is 10.6 Å². The quantitative estimate of drug-likeness (QED) is 0.714. The van der Waals surface area contributed by atoms with Crippen LogP contribution >= 0.6 is 0 Å². The maximum atomic E-state index is 5.95. The zero-order chi connectivity index (χ0) is 10.1. The largest absolute Gasteiger partial charge is 0.355 e. The first-order valence-electron chi connectivity index (χ1n) is 5.18. The van der Waals surface area contributed by atoms with Crippen LogP contribution in [0.3, 0.4) is 0 Å². The topological polar surface area (TPSA) is 47.1 Å². The van der Waals surface area contributed by atoms with Gasteiger partial charge in [0.15, 0.2) is 0 Å². The van der Waals surface area contributed by atoms with Crippen molar-refractivity contribution in [3.8, 4) is 0 Å². The highest BCUT2D eigenvalue weighted by atomic mass is 15.4. The molecule has 1 aromatic heterocycles. The molecule has 0 spiro atoms. The Morgan fingerprint density at radius 1 is 1.57 bits per heavy atom. The molecule has 0 aliphatic carbocycles. The SMILES string of the molecule is Cc1cc(N2CCC[C@@H](N)C2)n(C)n1. The highest BCUT2D eigenvalue weighted by Crippen LogP contribution is 2.19. The van der Waals surface area contributed by atoms with Gasteiger partial charge in [-0.15, -0.1) is 0 Å². The molecule has 0 unspecified atom stereocenters. The van der Waals surface area contributed by atoms with E-state index >= 15 is 0 Å². The van der Waals surface area contributed by atoms with Crippen molar-refractivity contribution in [2.45, 2.75) is 25.8 Å². The molecule has 78 valence electrons. The average Bonchev–Trinajstić information content (AvgIpc) is 2.45. The van der Waals surface area contributed by atoms with Gasteiger partial charge in [-0.1, -0.05) is 0 Å². The van der Waals surface area contributed by atoms with Crippen LogP contribution in [0, 0.1) is 6.92 Å². The van der Waals surface area contributed by atoms with Crippen LogP contribution in [0.25, 0.3) is 0 Å². The van der Waals surface area contributed by atoms with Crippen LogP contribution in [0.15, 0.2) is 6.07 Å². The van der Waals surface area contributed by atoms with Crippen molar-refractivity contribution >= 4 is 5.82 Å². The second-order valence-electron chi connectivity index (χ2n) is 4.12. The van der Waals surface area contributed by atoms with Crippen LogP contribution in [-0.2, 0) is 7.05 Å². The van der Waals surface area contributed by atoms with Crippen molar-refractivity contribution in [2.75, 3.05) is 18.0 Å². The predicted molar refractivity (Wildman–Crippen MR) is 57.4 cm³/mol. The number of anilines is 1. The molecule has 1 aliphatic heterocycles. The Labute approximate surface area is 84.7 Å². The van der Waals surface area contributed by atoms with Gasteiger partial charge in [0.05, 0.1) is 5.69 Å². The Kier molecular flexibility index (Phi) is 2.46. The summed E-state index contributed by atoms with van der Waals surface area (Å²) in [6.07, 6.45) is 2.33. The molecular formula is C10H18N4. The second-order valence-corrected chi connectivity index (χ2v) is 4.12. The molecule has 14 heavy (non-hydrogen) atoms. The van der Waals surface area contributed by atoms with Crippen molar-refractivity contribution in [1.29, 1.82) is 0 Å². The van der Waals surface area contributed by atoms with Crippen molar-refractivity contribution in [2.24, 2.45) is 12.8 Å². The van der Waals surface area contributed by atoms with E-state index in [1.54, 1.807) is 0 Å². The van der Waals surface area contributed by atoms with Crippen molar-refractivity contribution in [3.63, 3.8) is 0 Å². The highest BCUT2D eigenvalue weighted by Gasteiger charge is 2.19. The van der Waals surface area contributed by atoms with Crippen molar-refractivity contribution < 1.29 is 0 Å². The Balaban J connectivity index is 2.17. The normalized spacial score (nSPS) is 22.8. The van der Waals surface area contributed by atoms with Crippen LogP contribution in [0.1, 0.15) is 18.5 Å². The minimum Gasteiger partial charge on any atom is -0.355 e. The van der Waals surface area contributed by atoms with Gasteiger partial charge in [0.2, 0.25) is 0 Å². The minimum absolute atomic E-state index is 0.318. The number of aromatic nitrogens is 2. The van der Waals surface area contributed by atoms with Crippen molar-refractivity contribution in [3.05, 3.63) is 11.8 Å². The Morgan fingerprint density at radius 2 is 2.36 bits per heavy atom. The van der Waals surface area contributed by atoms with E-state index in [0.717, 1.165) is 25.2 Å². The zero-order valence-corrected chi connectivity index (χ0v) is 8.90. The number of hydrogen-bond acceptors (Lipinski definition) is 3. The summed E-state index contributed by atoms with van der Waals surface area (Å²) in [4.78, 5) is 2.33. The van der Waals surface area contributed by atoms with Gasteiger partial charge >= 0.3 is 0 Å². The van der Waals surface area contributed by atoms with Gasteiger partial charge in [0.25, 0.3) is 0 Å². The van der Waals surface area contributed by atoms with E-state index in [9.17, 15) is 0 Å². The first kappa shape index (κ1) is 9.52. The summed E-state index contributed by atoms with van der Waals surface area (Å²) in [5, 5.41) is 4.35. The number of hydrogen-bond donors (Lipinski definition) is 1. The van der Waals surface area contributed by atoms with Gasteiger partial charge in [-0.05, 0) is 19.8 Å². The summed E-state index contributed by atoms with van der Waals surface area (Å²) < 4.78 is 1.94. The van der Waals surface area contributed by atoms with Gasteiger partial charge in [-0.25, -0.2) is 0 Å². The smallest absolute Gasteiger partial charge is 0.126 e. The van der Waals surface area contributed by atoms with Gasteiger partial charge in [-0.3, -0.25) is 4.68 Å². The molecular weight excluding hydrogens is 176 g/mol. The average molecular weight is 194 g/mol. The zero-order valence-electron chi connectivity index (χ0n) is 8.90. The van der Waals surface area contributed by atoms with Crippen molar-refractivity contribution in [1.82, 2.24) is 9.78 Å². The molecule has 1 aliphatic rings. The van der Waals surface area contributed by atoms with Crippen LogP contribution in [-0.4, -0.2) is 28.9 Å². The molecule has 0 saturated carbocycles. The molecule has 4 heteroatoms. The van der Waals surface area contributed by atoms with Crippen LogP contribution in [0.5, 0.6) is 0 Å². The maximum absolute atomic E-state index is 5.95. The lowest BCUT2D eigenvalue weighted by atomic mass is 10.1. The third kappa shape index (κ3) is 1.75. The van der Waals surface area contributed by atoms with Crippen LogP contribution in [0.2, 0.25) is 0 Å². The first-order chi connectivity index (χ1) is 6.66. The van der Waals surface area contributed by atoms with Gasteiger partial charge in [0.1, 0.15) is 5.82 Å². The molecule has 0 radical (unpaired) electrons. The van der Waals surface area contributed by atoms with E-state index in [0.29, 0.717) is 6.04 Å². The lowest BCUT2D eigenvalue weighted by Gasteiger charge is -2.32. The van der Waals surface area contributed by atoms with E-state index < -0.39 is 0 Å². The summed E-state index contributed by atoms with van der Waals surface area (Å²) in [5.74, 6) is 1.19. The fourth-order valence-corrected chi connectivity index (χ4v) is 2.11. The monoisotopic (exact) mass is 194 g/mol. The Bertz CT molecular complexity index is 318. The fraction of sp³-hybridized carbons (Fsp3) is 0.700. The number of nitrogens with zero attached hydrogens (tertiary/aromatic N) is 3. The number of aryl methyl sites for hydroxylation is 2. The van der Waals surface area contributed by atoms with E-state index in [4.69, 9.17) is 5.73 Å². The molecule has 2 heterocycles. The van der Waals surface area contributed by atoms with E-state index in [2.05, 4.69) is 16.1 Å². The molecule has 0 amide bonds. The summed E-state index contributed by atoms with van der Waals surface area (Å²) in [6.45, 7) is 4.08. The molecule has 0 aromatic carbocycles. The summed E-state index contributed by atoms with van der Waals surface area (Å²) in [6, 6.07) is 2.44. The van der Waals surface area contributed by atoms with Gasteiger partial charge < -0.3 is 10.6 Å². The molecule has 2 N–H and O–H groups in total. The third-order valence-corrected chi connectivity index (χ3v) is 2.76. The Hall–Kier alpha value is -1.03. The second kappa shape index (κ2) is 3.61. The van der Waals surface area contributed by atoms with Gasteiger partial charge in [-0.2, -0.15) is 5.10 Å². The molecule has 1 atom stereocenters. The minimum atomic E-state index is 0.318. The van der Waals surface area contributed by atoms with E-state index in [1.165, 1.54) is 12.2 Å². The number of piperidine rings is 1. The molecule has 2 rings (SSSR count). The van der Waals surface area contributed by atoms with Crippen LogP contribution in [0.4, 0.5) is 5.82 Å². The summed E-state index contributed by atoms with van der Waals surface area (Å²) in [7, 11) is 1.99. The van der Waals surface area contributed by atoms with Gasteiger partial charge in [0, 0.05) is 32.2 Å². The number of nitrogens with two attached hydrogens (primary N) is 1. The molecule has 4 nitrogen and oxygen atoms in total. The lowest BCUT2D eigenvalue weighted by molar-refractivity contribution is 0.497. The third-order valence-electron chi connectivity index (χ3n) is 2.76. The highest BCUT2D eigenvalue weighted by molar-refractivity contribution is 5.41. The molecule has 1 saturated heterocycles. The predicted octanol–water partition coefficient (Wildman–Crippen LogP) is 0.656. The number of rotatable bonds is 1. The lowest BCUT2D eigenvalue weighted by Crippen LogP contribution is -2.43. The van der Waals surface area contributed by atoms with E-state index in [1.807, 2.05) is 18.7 Å². The molecule has 0 bridgehead atoms. The molecule has 1 aromatic rings. The first-order valence-corrected chi connectivity index (χ1v) is 5.18.